The van der Waals surface area contributed by atoms with E-state index in [9.17, 15) is 9.18 Å². The zero-order valence-corrected chi connectivity index (χ0v) is 11.1. The van der Waals surface area contributed by atoms with Gasteiger partial charge in [-0.3, -0.25) is 4.79 Å². The maximum absolute atomic E-state index is 13.6. The highest BCUT2D eigenvalue weighted by molar-refractivity contribution is 5.99. The molecule has 4 N–H and O–H groups in total. The summed E-state index contributed by atoms with van der Waals surface area (Å²) >= 11 is 0. The Morgan fingerprint density at radius 1 is 1.20 bits per heavy atom. The van der Waals surface area contributed by atoms with E-state index in [1.807, 2.05) is 0 Å². The predicted molar refractivity (Wildman–Crippen MR) is 77.5 cm³/mol. The predicted octanol–water partition coefficient (Wildman–Crippen LogP) is 2.26. The Kier molecular flexibility index (Phi) is 3.89. The first kappa shape index (κ1) is 13.9. The second-order valence-electron chi connectivity index (χ2n) is 4.60. The molecule has 0 aliphatic rings. The Morgan fingerprint density at radius 2 is 1.90 bits per heavy atom. The van der Waals surface area contributed by atoms with Crippen molar-refractivity contribution >= 4 is 17.3 Å². The second-order valence-corrected chi connectivity index (χ2v) is 4.60. The zero-order valence-electron chi connectivity index (χ0n) is 11.1. The van der Waals surface area contributed by atoms with Crippen LogP contribution in [0.2, 0.25) is 0 Å². The Labute approximate surface area is 116 Å². The molecular weight excluding hydrogens is 257 g/mol. The quantitative estimate of drug-likeness (QED) is 0.842. The van der Waals surface area contributed by atoms with Crippen LogP contribution >= 0.6 is 0 Å². The van der Waals surface area contributed by atoms with Gasteiger partial charge in [-0.1, -0.05) is 18.2 Å². The minimum absolute atomic E-state index is 0.176. The molecule has 0 spiro atoms. The van der Waals surface area contributed by atoms with Gasteiger partial charge in [-0.05, 0) is 24.3 Å². The maximum Gasteiger partial charge on any atom is 0.255 e. The van der Waals surface area contributed by atoms with Crippen molar-refractivity contribution in [1.82, 2.24) is 4.90 Å². The molecule has 0 heterocycles. The Balaban J connectivity index is 2.19. The van der Waals surface area contributed by atoms with E-state index in [2.05, 4.69) is 0 Å². The molecule has 0 aliphatic carbocycles. The Hall–Kier alpha value is -2.56. The van der Waals surface area contributed by atoms with E-state index in [1.165, 1.54) is 17.0 Å². The van der Waals surface area contributed by atoms with Crippen LogP contribution in [0, 0.1) is 5.82 Å². The van der Waals surface area contributed by atoms with Crippen LogP contribution in [-0.4, -0.2) is 17.9 Å². The van der Waals surface area contributed by atoms with Crippen LogP contribution < -0.4 is 11.5 Å². The normalized spacial score (nSPS) is 10.3. The molecule has 0 unspecified atom stereocenters. The molecule has 0 radical (unpaired) electrons. The van der Waals surface area contributed by atoms with Gasteiger partial charge in [0.1, 0.15) is 5.82 Å². The van der Waals surface area contributed by atoms with Gasteiger partial charge in [0, 0.05) is 30.5 Å². The van der Waals surface area contributed by atoms with Crippen LogP contribution in [0.1, 0.15) is 15.9 Å². The van der Waals surface area contributed by atoms with Gasteiger partial charge in [-0.25, -0.2) is 4.39 Å². The van der Waals surface area contributed by atoms with Gasteiger partial charge in [0.2, 0.25) is 0 Å². The molecule has 2 rings (SSSR count). The SMILES string of the molecule is CN(Cc1ccccc1F)C(=O)c1ccc(N)cc1N. The molecule has 20 heavy (non-hydrogen) atoms. The lowest BCUT2D eigenvalue weighted by atomic mass is 10.1. The minimum Gasteiger partial charge on any atom is -0.399 e. The first-order valence-electron chi connectivity index (χ1n) is 6.13. The molecule has 0 saturated heterocycles. The van der Waals surface area contributed by atoms with Crippen molar-refractivity contribution in [3.8, 4) is 0 Å². The number of nitrogen functional groups attached to an aromatic ring is 2. The number of hydrogen-bond acceptors (Lipinski definition) is 3. The molecular formula is C15H16FN3O. The number of nitrogens with zero attached hydrogens (tertiary/aromatic N) is 1. The molecule has 0 atom stereocenters. The monoisotopic (exact) mass is 273 g/mol. The van der Waals surface area contributed by atoms with Crippen LogP contribution in [0.5, 0.6) is 0 Å². The van der Waals surface area contributed by atoms with E-state index in [0.29, 0.717) is 22.5 Å². The number of halogens is 1. The zero-order chi connectivity index (χ0) is 14.7. The largest absolute Gasteiger partial charge is 0.399 e. The third-order valence-corrected chi connectivity index (χ3v) is 3.02. The van der Waals surface area contributed by atoms with Crippen molar-refractivity contribution in [2.24, 2.45) is 0 Å². The average Bonchev–Trinajstić information content (AvgIpc) is 2.40. The molecule has 0 bridgehead atoms. The van der Waals surface area contributed by atoms with E-state index in [4.69, 9.17) is 11.5 Å². The molecule has 1 amide bonds. The van der Waals surface area contributed by atoms with Crippen molar-refractivity contribution in [3.63, 3.8) is 0 Å². The summed E-state index contributed by atoms with van der Waals surface area (Å²) in [4.78, 5) is 13.7. The Bertz CT molecular complexity index is 643. The fourth-order valence-electron chi connectivity index (χ4n) is 1.94. The number of nitrogens with two attached hydrogens (primary N) is 2. The number of carbonyl (C=O) groups excluding carboxylic acids is 1. The fourth-order valence-corrected chi connectivity index (χ4v) is 1.94. The third-order valence-electron chi connectivity index (χ3n) is 3.02. The summed E-state index contributed by atoms with van der Waals surface area (Å²) in [6.07, 6.45) is 0. The summed E-state index contributed by atoms with van der Waals surface area (Å²) < 4.78 is 13.6. The van der Waals surface area contributed by atoms with Crippen molar-refractivity contribution < 1.29 is 9.18 Å². The van der Waals surface area contributed by atoms with Crippen molar-refractivity contribution in [2.45, 2.75) is 6.54 Å². The summed E-state index contributed by atoms with van der Waals surface area (Å²) in [6, 6.07) is 11.1. The summed E-state index contributed by atoms with van der Waals surface area (Å²) in [6.45, 7) is 0.176. The lowest BCUT2D eigenvalue weighted by molar-refractivity contribution is 0.0785. The number of hydrogen-bond donors (Lipinski definition) is 2. The third kappa shape index (κ3) is 2.88. The molecule has 2 aromatic carbocycles. The highest BCUT2D eigenvalue weighted by atomic mass is 19.1. The van der Waals surface area contributed by atoms with Gasteiger partial charge in [0.05, 0.1) is 5.56 Å². The average molecular weight is 273 g/mol. The van der Waals surface area contributed by atoms with Crippen LogP contribution in [0.25, 0.3) is 0 Å². The molecule has 4 nitrogen and oxygen atoms in total. The minimum atomic E-state index is -0.336. The first-order chi connectivity index (χ1) is 9.49. The van der Waals surface area contributed by atoms with E-state index in [-0.39, 0.29) is 18.3 Å². The fraction of sp³-hybridized carbons (Fsp3) is 0.133. The molecule has 0 aliphatic heterocycles. The van der Waals surface area contributed by atoms with Crippen molar-refractivity contribution in [1.29, 1.82) is 0 Å². The first-order valence-corrected chi connectivity index (χ1v) is 6.13. The van der Waals surface area contributed by atoms with Gasteiger partial charge in [-0.2, -0.15) is 0 Å². The molecule has 0 fully saturated rings. The molecule has 2 aromatic rings. The van der Waals surface area contributed by atoms with E-state index in [0.717, 1.165) is 0 Å². The van der Waals surface area contributed by atoms with Crippen molar-refractivity contribution in [2.75, 3.05) is 18.5 Å². The number of benzene rings is 2. The highest BCUT2D eigenvalue weighted by Gasteiger charge is 2.16. The Morgan fingerprint density at radius 3 is 2.55 bits per heavy atom. The molecule has 5 heteroatoms. The van der Waals surface area contributed by atoms with Crippen LogP contribution in [-0.2, 0) is 6.54 Å². The molecule has 0 saturated carbocycles. The van der Waals surface area contributed by atoms with Crippen LogP contribution in [0.4, 0.5) is 15.8 Å². The van der Waals surface area contributed by atoms with E-state index < -0.39 is 0 Å². The second kappa shape index (κ2) is 5.61. The standard InChI is InChI=1S/C15H16FN3O/c1-19(9-10-4-2-3-5-13(10)16)15(20)12-7-6-11(17)8-14(12)18/h2-8H,9,17-18H2,1H3. The maximum atomic E-state index is 13.6. The number of anilines is 2. The summed E-state index contributed by atoms with van der Waals surface area (Å²) in [7, 11) is 1.60. The van der Waals surface area contributed by atoms with Crippen LogP contribution in [0.15, 0.2) is 42.5 Å². The van der Waals surface area contributed by atoms with Crippen molar-refractivity contribution in [3.05, 3.63) is 59.4 Å². The van der Waals surface area contributed by atoms with Gasteiger partial charge >= 0.3 is 0 Å². The topological polar surface area (TPSA) is 72.3 Å². The summed E-state index contributed by atoms with van der Waals surface area (Å²) in [5.41, 5.74) is 13.0. The molecule has 0 aromatic heterocycles. The summed E-state index contributed by atoms with van der Waals surface area (Å²) in [5, 5.41) is 0. The van der Waals surface area contributed by atoms with Crippen LogP contribution in [0.3, 0.4) is 0 Å². The molecule has 104 valence electrons. The lowest BCUT2D eigenvalue weighted by Crippen LogP contribution is -2.27. The van der Waals surface area contributed by atoms with E-state index >= 15 is 0 Å². The van der Waals surface area contributed by atoms with Gasteiger partial charge in [-0.15, -0.1) is 0 Å². The number of rotatable bonds is 3. The number of amides is 1. The van der Waals surface area contributed by atoms with Gasteiger partial charge in [0.15, 0.2) is 0 Å². The van der Waals surface area contributed by atoms with E-state index in [1.54, 1.807) is 37.4 Å². The van der Waals surface area contributed by atoms with Gasteiger partial charge < -0.3 is 16.4 Å². The van der Waals surface area contributed by atoms with Gasteiger partial charge in [0.25, 0.3) is 5.91 Å². The number of carbonyl (C=O) groups is 1. The lowest BCUT2D eigenvalue weighted by Gasteiger charge is -2.18. The highest BCUT2D eigenvalue weighted by Crippen LogP contribution is 2.18. The summed E-state index contributed by atoms with van der Waals surface area (Å²) in [5.74, 6) is -0.608. The smallest absolute Gasteiger partial charge is 0.255 e.